The van der Waals surface area contributed by atoms with Gasteiger partial charge in [0.05, 0.1) is 11.8 Å². The first-order chi connectivity index (χ1) is 11.7. The lowest BCUT2D eigenvalue weighted by atomic mass is 9.90. The van der Waals surface area contributed by atoms with E-state index in [9.17, 15) is 9.50 Å². The molecule has 24 heavy (non-hydrogen) atoms. The number of aliphatic hydroxyl groups is 1. The zero-order valence-corrected chi connectivity index (χ0v) is 14.5. The summed E-state index contributed by atoms with van der Waals surface area (Å²) in [5.41, 5.74) is 1.74. The Morgan fingerprint density at radius 2 is 1.92 bits per heavy atom. The Kier molecular flexibility index (Phi) is 4.66. The van der Waals surface area contributed by atoms with Crippen LogP contribution >= 0.6 is 11.3 Å². The maximum atomic E-state index is 14.1. The number of aliphatic hydroxyl groups excluding tert-OH is 1. The molecule has 0 aliphatic heterocycles. The first-order valence-electron chi connectivity index (χ1n) is 8.89. The Bertz CT molecular complexity index is 709. The van der Waals surface area contributed by atoms with Crippen LogP contribution in [0.4, 0.5) is 4.39 Å². The summed E-state index contributed by atoms with van der Waals surface area (Å²) in [5.74, 6) is -0.200. The molecule has 2 aliphatic carbocycles. The monoisotopic (exact) mass is 346 g/mol. The van der Waals surface area contributed by atoms with Crippen molar-refractivity contribution in [2.45, 2.75) is 63.1 Å². The van der Waals surface area contributed by atoms with Gasteiger partial charge >= 0.3 is 0 Å². The van der Waals surface area contributed by atoms with Crippen LogP contribution in [0, 0.1) is 5.82 Å². The van der Waals surface area contributed by atoms with E-state index in [0.717, 1.165) is 55.6 Å². The number of aromatic nitrogens is 1. The van der Waals surface area contributed by atoms with E-state index in [-0.39, 0.29) is 11.9 Å². The van der Waals surface area contributed by atoms with E-state index in [0.29, 0.717) is 17.6 Å². The summed E-state index contributed by atoms with van der Waals surface area (Å²) in [6.07, 6.45) is 6.95. The summed E-state index contributed by atoms with van der Waals surface area (Å²) in [6.45, 7) is 0. The van der Waals surface area contributed by atoms with Gasteiger partial charge in [-0.3, -0.25) is 0 Å². The molecule has 4 rings (SSSR count). The van der Waals surface area contributed by atoms with E-state index in [1.54, 1.807) is 17.4 Å². The fourth-order valence-electron chi connectivity index (χ4n) is 3.86. The Morgan fingerprint density at radius 1 is 1.12 bits per heavy atom. The molecule has 1 fully saturated rings. The topological polar surface area (TPSA) is 45.1 Å². The zero-order chi connectivity index (χ0) is 16.5. The highest BCUT2D eigenvalue weighted by atomic mass is 32.1. The van der Waals surface area contributed by atoms with Crippen LogP contribution in [0.5, 0.6) is 0 Å². The van der Waals surface area contributed by atoms with Crippen molar-refractivity contribution in [1.82, 2.24) is 10.3 Å². The third kappa shape index (κ3) is 3.25. The minimum Gasteiger partial charge on any atom is -0.393 e. The number of nitrogens with zero attached hydrogens (tertiary/aromatic N) is 1. The number of hydrogen-bond donors (Lipinski definition) is 2. The van der Waals surface area contributed by atoms with E-state index >= 15 is 0 Å². The number of halogens is 1. The highest BCUT2D eigenvalue weighted by Gasteiger charge is 2.28. The van der Waals surface area contributed by atoms with Crippen LogP contribution in [-0.2, 0) is 6.42 Å². The molecule has 1 unspecified atom stereocenters. The molecule has 1 saturated carbocycles. The summed E-state index contributed by atoms with van der Waals surface area (Å²) >= 11 is 1.64. The lowest BCUT2D eigenvalue weighted by Gasteiger charge is -2.31. The number of nitrogens with one attached hydrogen (secondary N) is 1. The Morgan fingerprint density at radius 3 is 2.71 bits per heavy atom. The second-order valence-electron chi connectivity index (χ2n) is 6.93. The molecule has 0 radical (unpaired) electrons. The van der Waals surface area contributed by atoms with E-state index in [1.807, 2.05) is 12.1 Å². The maximum Gasteiger partial charge on any atom is 0.133 e. The predicted octanol–water partition coefficient (Wildman–Crippen LogP) is 4.22. The minimum absolute atomic E-state index is 0.124. The maximum absolute atomic E-state index is 14.1. The van der Waals surface area contributed by atoms with Crippen LogP contribution in [0.25, 0.3) is 10.6 Å². The molecule has 2 N–H and O–H groups in total. The van der Waals surface area contributed by atoms with Crippen molar-refractivity contribution in [2.24, 2.45) is 0 Å². The average Bonchev–Trinajstić information content (AvgIpc) is 3.02. The van der Waals surface area contributed by atoms with Gasteiger partial charge in [0.15, 0.2) is 0 Å². The standard InChI is InChI=1S/C19H23FN2OS/c20-15-5-2-1-4-14(15)19-22-17-7-3-6-16(18(17)24-19)21-12-8-10-13(23)11-9-12/h1-2,4-5,12-13,16,21,23H,3,6-11H2. The summed E-state index contributed by atoms with van der Waals surface area (Å²) < 4.78 is 14.1. The van der Waals surface area contributed by atoms with Crippen LogP contribution in [0.15, 0.2) is 24.3 Å². The third-order valence-corrected chi connectivity index (χ3v) is 6.43. The summed E-state index contributed by atoms with van der Waals surface area (Å²) in [6, 6.07) is 7.69. The molecule has 0 bridgehead atoms. The van der Waals surface area contributed by atoms with Gasteiger partial charge in [0, 0.05) is 22.5 Å². The molecule has 3 nitrogen and oxygen atoms in total. The van der Waals surface area contributed by atoms with Gasteiger partial charge in [-0.25, -0.2) is 9.37 Å². The highest BCUT2D eigenvalue weighted by molar-refractivity contribution is 7.15. The van der Waals surface area contributed by atoms with Crippen LogP contribution in [0.3, 0.4) is 0 Å². The molecule has 1 aromatic heterocycles. The van der Waals surface area contributed by atoms with Gasteiger partial charge in [0.25, 0.3) is 0 Å². The number of benzene rings is 1. The third-order valence-electron chi connectivity index (χ3n) is 5.19. The average molecular weight is 346 g/mol. The molecule has 2 aliphatic rings. The molecule has 0 amide bonds. The predicted molar refractivity (Wildman–Crippen MR) is 94.6 cm³/mol. The molecule has 1 aromatic carbocycles. The van der Waals surface area contributed by atoms with E-state index < -0.39 is 0 Å². The van der Waals surface area contributed by atoms with Crippen molar-refractivity contribution >= 4 is 11.3 Å². The fourth-order valence-corrected chi connectivity index (χ4v) is 5.09. The molecule has 128 valence electrons. The lowest BCUT2D eigenvalue weighted by molar-refractivity contribution is 0.113. The van der Waals surface area contributed by atoms with Crippen molar-refractivity contribution in [2.75, 3.05) is 0 Å². The van der Waals surface area contributed by atoms with Gasteiger partial charge in [-0.1, -0.05) is 12.1 Å². The summed E-state index contributed by atoms with van der Waals surface area (Å²) in [7, 11) is 0. The molecule has 0 spiro atoms. The largest absolute Gasteiger partial charge is 0.393 e. The fraction of sp³-hybridized carbons (Fsp3) is 0.526. The Hall–Kier alpha value is -1.30. The zero-order valence-electron chi connectivity index (χ0n) is 13.7. The number of hydrogen-bond acceptors (Lipinski definition) is 4. The molecule has 5 heteroatoms. The number of rotatable bonds is 3. The van der Waals surface area contributed by atoms with Gasteiger partial charge in [-0.15, -0.1) is 11.3 Å². The molecular weight excluding hydrogens is 323 g/mol. The van der Waals surface area contributed by atoms with E-state index in [1.165, 1.54) is 10.9 Å². The Balaban J connectivity index is 1.55. The lowest BCUT2D eigenvalue weighted by Crippen LogP contribution is -2.37. The molecular formula is C19H23FN2OS. The molecule has 1 heterocycles. The van der Waals surface area contributed by atoms with Crippen molar-refractivity contribution in [3.8, 4) is 10.6 Å². The van der Waals surface area contributed by atoms with Crippen LogP contribution in [-0.4, -0.2) is 22.2 Å². The molecule has 0 saturated heterocycles. The van der Waals surface area contributed by atoms with E-state index in [4.69, 9.17) is 4.98 Å². The van der Waals surface area contributed by atoms with Gasteiger partial charge in [0.1, 0.15) is 10.8 Å². The second-order valence-corrected chi connectivity index (χ2v) is 7.96. The molecule has 1 atom stereocenters. The number of fused-ring (bicyclic) bond motifs is 1. The highest BCUT2D eigenvalue weighted by Crippen LogP contribution is 2.39. The SMILES string of the molecule is OC1CCC(NC2CCCc3nc(-c4ccccc4F)sc32)CC1. The van der Waals surface area contributed by atoms with Crippen LogP contribution in [0.2, 0.25) is 0 Å². The van der Waals surface area contributed by atoms with Crippen LogP contribution in [0.1, 0.15) is 55.1 Å². The summed E-state index contributed by atoms with van der Waals surface area (Å²) in [4.78, 5) is 6.02. The minimum atomic E-state index is -0.200. The smallest absolute Gasteiger partial charge is 0.133 e. The molecule has 2 aromatic rings. The van der Waals surface area contributed by atoms with E-state index in [2.05, 4.69) is 5.32 Å². The van der Waals surface area contributed by atoms with Gasteiger partial charge < -0.3 is 10.4 Å². The number of aryl methyl sites for hydroxylation is 1. The van der Waals surface area contributed by atoms with Crippen molar-refractivity contribution in [1.29, 1.82) is 0 Å². The first kappa shape index (κ1) is 16.2. The van der Waals surface area contributed by atoms with Gasteiger partial charge in [-0.2, -0.15) is 0 Å². The van der Waals surface area contributed by atoms with Crippen molar-refractivity contribution < 1.29 is 9.50 Å². The summed E-state index contributed by atoms with van der Waals surface area (Å²) in [5, 5.41) is 14.3. The quantitative estimate of drug-likeness (QED) is 0.875. The number of thiazole rings is 1. The Labute approximate surface area is 145 Å². The van der Waals surface area contributed by atoms with Crippen molar-refractivity contribution in [3.63, 3.8) is 0 Å². The van der Waals surface area contributed by atoms with Crippen LogP contribution < -0.4 is 5.32 Å². The van der Waals surface area contributed by atoms with Gasteiger partial charge in [-0.05, 0) is 57.1 Å². The van der Waals surface area contributed by atoms with Crippen molar-refractivity contribution in [3.05, 3.63) is 40.7 Å². The van der Waals surface area contributed by atoms with Gasteiger partial charge in [0.2, 0.25) is 0 Å². The first-order valence-corrected chi connectivity index (χ1v) is 9.71. The second kappa shape index (κ2) is 6.90. The normalized spacial score (nSPS) is 27.0.